The molecule has 0 spiro atoms. The van der Waals surface area contributed by atoms with Gasteiger partial charge >= 0.3 is 12.4 Å². The first-order valence-corrected chi connectivity index (χ1v) is 9.31. The fraction of sp³-hybridized carbons (Fsp3) is 0.316. The topological polar surface area (TPSA) is 54.9 Å². The molecule has 2 aliphatic rings. The van der Waals surface area contributed by atoms with Gasteiger partial charge in [0.15, 0.2) is 0 Å². The van der Waals surface area contributed by atoms with Gasteiger partial charge in [-0.25, -0.2) is 0 Å². The first-order valence-electron chi connectivity index (χ1n) is 8.53. The van der Waals surface area contributed by atoms with Crippen LogP contribution in [0, 0.1) is 18.8 Å². The van der Waals surface area contributed by atoms with Crippen molar-refractivity contribution < 1.29 is 31.1 Å². The van der Waals surface area contributed by atoms with Crippen molar-refractivity contribution in [1.82, 2.24) is 14.9 Å². The first-order chi connectivity index (χ1) is 14.0. The number of rotatable bonds is 3. The average molecular weight is 445 g/mol. The van der Waals surface area contributed by atoms with Gasteiger partial charge in [0.25, 0.3) is 5.91 Å². The summed E-state index contributed by atoms with van der Waals surface area (Å²) in [6, 6.07) is -0.541. The SMILES string of the molecule is Cc1nnsc1C(=O)NC1C=CC(C2=C(C(F)(F)F)C#CCC(C(F)(F)F)=C2)=CC1. The summed E-state index contributed by atoms with van der Waals surface area (Å²) < 4.78 is 83.2. The molecule has 11 heteroatoms. The normalized spacial score (nSPS) is 19.5. The Kier molecular flexibility index (Phi) is 5.90. The lowest BCUT2D eigenvalue weighted by Crippen LogP contribution is -2.33. The second-order valence-electron chi connectivity index (χ2n) is 6.45. The zero-order valence-electron chi connectivity index (χ0n) is 15.3. The minimum atomic E-state index is -4.91. The Bertz CT molecular complexity index is 1050. The number of carbonyl (C=O) groups is 1. The van der Waals surface area contributed by atoms with Gasteiger partial charge in [-0.3, -0.25) is 4.79 Å². The summed E-state index contributed by atoms with van der Waals surface area (Å²) in [5.41, 5.74) is -2.71. The molecule has 1 N–H and O–H groups in total. The van der Waals surface area contributed by atoms with E-state index >= 15 is 0 Å². The summed E-state index contributed by atoms with van der Waals surface area (Å²) in [7, 11) is 0. The van der Waals surface area contributed by atoms with Gasteiger partial charge in [-0.1, -0.05) is 34.6 Å². The molecule has 1 unspecified atom stereocenters. The third-order valence-electron chi connectivity index (χ3n) is 4.31. The molecule has 1 amide bonds. The van der Waals surface area contributed by atoms with E-state index in [1.54, 1.807) is 6.92 Å². The third kappa shape index (κ3) is 4.81. The number of amides is 1. The fourth-order valence-corrected chi connectivity index (χ4v) is 3.39. The van der Waals surface area contributed by atoms with E-state index in [0.29, 0.717) is 16.6 Å². The lowest BCUT2D eigenvalue weighted by molar-refractivity contribution is -0.0933. The van der Waals surface area contributed by atoms with Gasteiger partial charge in [-0.2, -0.15) is 26.3 Å². The number of hydrogen-bond acceptors (Lipinski definition) is 4. The van der Waals surface area contributed by atoms with Gasteiger partial charge < -0.3 is 5.32 Å². The van der Waals surface area contributed by atoms with Crippen LogP contribution in [0.1, 0.15) is 28.2 Å². The lowest BCUT2D eigenvalue weighted by Gasteiger charge is -2.20. The van der Waals surface area contributed by atoms with Crippen LogP contribution in [-0.4, -0.2) is 33.9 Å². The van der Waals surface area contributed by atoms with Crippen molar-refractivity contribution in [2.45, 2.75) is 38.2 Å². The Morgan fingerprint density at radius 1 is 1.23 bits per heavy atom. The van der Waals surface area contributed by atoms with Crippen LogP contribution in [-0.2, 0) is 0 Å². The van der Waals surface area contributed by atoms with Crippen molar-refractivity contribution in [2.24, 2.45) is 0 Å². The van der Waals surface area contributed by atoms with Crippen LogP contribution in [0.25, 0.3) is 0 Å². The van der Waals surface area contributed by atoms with E-state index in [1.807, 2.05) is 11.8 Å². The molecule has 0 aromatic carbocycles. The number of halogens is 6. The summed E-state index contributed by atoms with van der Waals surface area (Å²) in [4.78, 5) is 12.5. The maximum atomic E-state index is 13.4. The molecule has 1 aromatic rings. The minimum Gasteiger partial charge on any atom is -0.345 e. The highest BCUT2D eigenvalue weighted by Crippen LogP contribution is 2.38. The van der Waals surface area contributed by atoms with E-state index in [2.05, 4.69) is 14.9 Å². The second-order valence-corrected chi connectivity index (χ2v) is 7.21. The summed E-state index contributed by atoms with van der Waals surface area (Å²) in [6.07, 6.45) is -5.92. The summed E-state index contributed by atoms with van der Waals surface area (Å²) in [6.45, 7) is 1.61. The van der Waals surface area contributed by atoms with E-state index in [9.17, 15) is 31.1 Å². The third-order valence-corrected chi connectivity index (χ3v) is 5.14. The van der Waals surface area contributed by atoms with E-state index in [-0.39, 0.29) is 12.0 Å². The molecule has 3 rings (SSSR count). The van der Waals surface area contributed by atoms with Gasteiger partial charge in [0.05, 0.1) is 11.7 Å². The Hall–Kier alpha value is -2.87. The van der Waals surface area contributed by atoms with E-state index < -0.39 is 47.4 Å². The molecule has 4 nitrogen and oxygen atoms in total. The van der Waals surface area contributed by atoms with E-state index in [4.69, 9.17) is 0 Å². The quantitative estimate of drug-likeness (QED) is 0.547. The van der Waals surface area contributed by atoms with Crippen molar-refractivity contribution in [2.75, 3.05) is 0 Å². The number of alkyl halides is 6. The number of nitrogens with zero attached hydrogens (tertiary/aromatic N) is 2. The van der Waals surface area contributed by atoms with E-state index in [0.717, 1.165) is 11.5 Å². The van der Waals surface area contributed by atoms with E-state index in [1.165, 1.54) is 18.2 Å². The monoisotopic (exact) mass is 445 g/mol. The maximum Gasteiger partial charge on any atom is 0.424 e. The molecule has 0 bridgehead atoms. The number of nitrogens with one attached hydrogen (secondary N) is 1. The maximum absolute atomic E-state index is 13.4. The largest absolute Gasteiger partial charge is 0.424 e. The average Bonchev–Trinajstić information content (AvgIpc) is 2.93. The number of aryl methyl sites for hydroxylation is 1. The molecule has 0 aliphatic heterocycles. The van der Waals surface area contributed by atoms with Crippen LogP contribution < -0.4 is 5.32 Å². The Labute approximate surface area is 171 Å². The van der Waals surface area contributed by atoms with Gasteiger partial charge in [0.1, 0.15) is 10.5 Å². The molecule has 2 aliphatic carbocycles. The highest BCUT2D eigenvalue weighted by Gasteiger charge is 2.39. The van der Waals surface area contributed by atoms with Crippen LogP contribution in [0.15, 0.2) is 46.6 Å². The summed E-state index contributed by atoms with van der Waals surface area (Å²) in [5.74, 6) is 3.34. The zero-order valence-corrected chi connectivity index (χ0v) is 16.1. The molecule has 0 fully saturated rings. The lowest BCUT2D eigenvalue weighted by atomic mass is 9.92. The molecule has 0 saturated carbocycles. The number of allylic oxidation sites excluding steroid dienone is 6. The van der Waals surface area contributed by atoms with Crippen molar-refractivity contribution in [3.05, 3.63) is 57.2 Å². The molecule has 1 atom stereocenters. The molecule has 30 heavy (non-hydrogen) atoms. The highest BCUT2D eigenvalue weighted by molar-refractivity contribution is 7.08. The Morgan fingerprint density at radius 2 is 1.97 bits per heavy atom. The van der Waals surface area contributed by atoms with Crippen LogP contribution >= 0.6 is 11.5 Å². The molecule has 158 valence electrons. The second kappa shape index (κ2) is 8.10. The summed E-state index contributed by atoms with van der Waals surface area (Å²) in [5, 5.41) is 6.40. The number of aromatic nitrogens is 2. The Balaban J connectivity index is 1.87. The smallest absolute Gasteiger partial charge is 0.345 e. The predicted molar refractivity (Wildman–Crippen MR) is 97.4 cm³/mol. The Morgan fingerprint density at radius 3 is 2.50 bits per heavy atom. The first kappa shape index (κ1) is 21.8. The molecule has 0 saturated heterocycles. The van der Waals surface area contributed by atoms with Gasteiger partial charge in [0, 0.05) is 17.6 Å². The standard InChI is InChI=1S/C19H13F6N3OS/c1-10-16(30-28-27-10)17(29)26-13-7-5-11(6-8-13)14-9-12(18(20,21)22)3-2-4-15(14)19(23,24)25/h5-7,9,13H,3,8H2,1H3,(H,26,29). The van der Waals surface area contributed by atoms with Crippen molar-refractivity contribution >= 4 is 17.4 Å². The summed E-state index contributed by atoms with van der Waals surface area (Å²) >= 11 is 0.903. The molecular weight excluding hydrogens is 432 g/mol. The van der Waals surface area contributed by atoms with Gasteiger partial charge in [-0.15, -0.1) is 5.10 Å². The molecule has 0 radical (unpaired) electrons. The molecule has 1 aromatic heterocycles. The van der Waals surface area contributed by atoms with Crippen molar-refractivity contribution in [3.63, 3.8) is 0 Å². The van der Waals surface area contributed by atoms with Crippen LogP contribution in [0.2, 0.25) is 0 Å². The van der Waals surface area contributed by atoms with Crippen molar-refractivity contribution in [1.29, 1.82) is 0 Å². The van der Waals surface area contributed by atoms with Crippen LogP contribution in [0.3, 0.4) is 0 Å². The number of hydrogen-bond donors (Lipinski definition) is 1. The van der Waals surface area contributed by atoms with Crippen LogP contribution in [0.4, 0.5) is 26.3 Å². The zero-order chi connectivity index (χ0) is 22.1. The molecular formula is C19H13F6N3OS. The predicted octanol–water partition coefficient (Wildman–Crippen LogP) is 4.59. The van der Waals surface area contributed by atoms with Crippen molar-refractivity contribution in [3.8, 4) is 11.8 Å². The van der Waals surface area contributed by atoms with Crippen LogP contribution in [0.5, 0.6) is 0 Å². The minimum absolute atomic E-state index is 0.0404. The van der Waals surface area contributed by atoms with Gasteiger partial charge in [0.2, 0.25) is 0 Å². The van der Waals surface area contributed by atoms with Gasteiger partial charge in [-0.05, 0) is 36.5 Å². The fourth-order valence-electron chi connectivity index (χ4n) is 2.83. The molecule has 1 heterocycles. The number of carbonyl (C=O) groups excluding carboxylic acids is 1. The highest BCUT2D eigenvalue weighted by atomic mass is 32.1.